The summed E-state index contributed by atoms with van der Waals surface area (Å²) in [4.78, 5) is 23.7. The molecule has 0 unspecified atom stereocenters. The van der Waals surface area contributed by atoms with Gasteiger partial charge in [0, 0.05) is 17.4 Å². The summed E-state index contributed by atoms with van der Waals surface area (Å²) >= 11 is 0. The van der Waals surface area contributed by atoms with Gasteiger partial charge >= 0.3 is 5.97 Å². The molecule has 1 aromatic carbocycles. The molecule has 0 saturated carbocycles. The van der Waals surface area contributed by atoms with E-state index in [4.69, 9.17) is 9.47 Å². The fourth-order valence-corrected chi connectivity index (χ4v) is 2.21. The molecule has 0 aliphatic heterocycles. The molecule has 5 heteroatoms. The van der Waals surface area contributed by atoms with Crippen LogP contribution in [0, 0.1) is 0 Å². The molecule has 0 bridgehead atoms. The van der Waals surface area contributed by atoms with Gasteiger partial charge in [0.25, 0.3) is 5.78 Å². The minimum atomic E-state index is -0.822. The lowest BCUT2D eigenvalue weighted by Crippen LogP contribution is -2.20. The molecule has 0 fully saturated rings. The predicted molar refractivity (Wildman–Crippen MR) is 75.1 cm³/mol. The molecule has 1 heterocycles. The van der Waals surface area contributed by atoms with Crippen molar-refractivity contribution < 1.29 is 19.1 Å². The normalized spacial score (nSPS) is 10.6. The van der Waals surface area contributed by atoms with Gasteiger partial charge in [0.1, 0.15) is 5.75 Å². The Hall–Kier alpha value is -2.30. The molecule has 0 saturated heterocycles. The number of benzene rings is 1. The Kier molecular flexibility index (Phi) is 4.08. The highest BCUT2D eigenvalue weighted by molar-refractivity contribution is 6.40. The maximum absolute atomic E-state index is 12.1. The second kappa shape index (κ2) is 5.77. The molecule has 2 rings (SSSR count). The number of rotatable bonds is 5. The van der Waals surface area contributed by atoms with E-state index in [0.29, 0.717) is 18.0 Å². The van der Waals surface area contributed by atoms with Crippen molar-refractivity contribution in [1.29, 1.82) is 0 Å². The smallest absolute Gasteiger partial charge is 0.381 e. The van der Waals surface area contributed by atoms with Crippen LogP contribution in [0.5, 0.6) is 5.75 Å². The summed E-state index contributed by atoms with van der Waals surface area (Å²) in [6.07, 6.45) is 0. The summed E-state index contributed by atoms with van der Waals surface area (Å²) in [7, 11) is 1.59. The Labute approximate surface area is 117 Å². The summed E-state index contributed by atoms with van der Waals surface area (Å²) in [5.41, 5.74) is 1.23. The van der Waals surface area contributed by atoms with Crippen molar-refractivity contribution in [3.63, 3.8) is 0 Å². The van der Waals surface area contributed by atoms with Gasteiger partial charge in [-0.25, -0.2) is 4.79 Å². The van der Waals surface area contributed by atoms with Gasteiger partial charge in [-0.2, -0.15) is 0 Å². The van der Waals surface area contributed by atoms with Gasteiger partial charge in [0.2, 0.25) is 0 Å². The highest BCUT2D eigenvalue weighted by Crippen LogP contribution is 2.25. The first-order chi connectivity index (χ1) is 9.62. The van der Waals surface area contributed by atoms with Crippen molar-refractivity contribution in [2.75, 3.05) is 13.7 Å². The number of ether oxygens (including phenoxy) is 2. The van der Waals surface area contributed by atoms with E-state index in [1.54, 1.807) is 24.7 Å². The fraction of sp³-hybridized carbons (Fsp3) is 0.333. The van der Waals surface area contributed by atoms with Crippen molar-refractivity contribution in [1.82, 2.24) is 4.57 Å². The van der Waals surface area contributed by atoms with E-state index >= 15 is 0 Å². The molecular weight excluding hydrogens is 258 g/mol. The van der Waals surface area contributed by atoms with Crippen molar-refractivity contribution in [3.05, 3.63) is 30.0 Å². The molecule has 20 heavy (non-hydrogen) atoms. The lowest BCUT2D eigenvalue weighted by Gasteiger charge is -2.06. The van der Waals surface area contributed by atoms with Crippen LogP contribution >= 0.6 is 0 Å². The van der Waals surface area contributed by atoms with Crippen LogP contribution in [0.1, 0.15) is 24.3 Å². The monoisotopic (exact) mass is 275 g/mol. The van der Waals surface area contributed by atoms with Crippen LogP contribution < -0.4 is 4.74 Å². The average molecular weight is 275 g/mol. The quantitative estimate of drug-likeness (QED) is 0.477. The summed E-state index contributed by atoms with van der Waals surface area (Å²) in [6, 6.07) is 7.23. The standard InChI is InChI=1S/C15H17NO4/c1-4-16-12-7-6-11(19-3)8-10(12)9-13(16)14(17)15(18)20-5-2/h6-9H,4-5H2,1-3H3. The number of Topliss-reactive ketones (excluding diaryl/α,β-unsaturated/α-hetero) is 1. The lowest BCUT2D eigenvalue weighted by molar-refractivity contribution is -0.137. The molecule has 0 amide bonds. The zero-order valence-electron chi connectivity index (χ0n) is 11.8. The number of hydrogen-bond acceptors (Lipinski definition) is 4. The third kappa shape index (κ3) is 2.39. The Bertz CT molecular complexity index is 657. The molecule has 1 aromatic heterocycles. The van der Waals surface area contributed by atoms with Gasteiger partial charge in [0.15, 0.2) is 0 Å². The van der Waals surface area contributed by atoms with Gasteiger partial charge in [-0.15, -0.1) is 0 Å². The second-order valence-corrected chi connectivity index (χ2v) is 4.25. The molecule has 0 spiro atoms. The molecule has 0 N–H and O–H groups in total. The van der Waals surface area contributed by atoms with Crippen LogP contribution in [0.3, 0.4) is 0 Å². The van der Waals surface area contributed by atoms with Gasteiger partial charge in [-0.1, -0.05) is 0 Å². The molecular formula is C15H17NO4. The van der Waals surface area contributed by atoms with E-state index in [2.05, 4.69) is 0 Å². The zero-order valence-corrected chi connectivity index (χ0v) is 11.8. The number of esters is 1. The minimum Gasteiger partial charge on any atom is -0.497 e. The SMILES string of the molecule is CCOC(=O)C(=O)c1cc2cc(OC)ccc2n1CC. The van der Waals surface area contributed by atoms with E-state index in [9.17, 15) is 9.59 Å². The lowest BCUT2D eigenvalue weighted by atomic mass is 10.2. The minimum absolute atomic E-state index is 0.185. The molecule has 2 aromatic rings. The Balaban J connectivity index is 2.52. The molecule has 0 atom stereocenters. The van der Waals surface area contributed by atoms with Crippen molar-refractivity contribution in [2.45, 2.75) is 20.4 Å². The third-order valence-corrected chi connectivity index (χ3v) is 3.12. The van der Waals surface area contributed by atoms with Crippen LogP contribution in [0.15, 0.2) is 24.3 Å². The Morgan fingerprint density at radius 2 is 1.95 bits per heavy atom. The highest BCUT2D eigenvalue weighted by atomic mass is 16.5. The summed E-state index contributed by atoms with van der Waals surface area (Å²) in [6.45, 7) is 4.37. The largest absolute Gasteiger partial charge is 0.497 e. The van der Waals surface area contributed by atoms with Crippen LogP contribution in [0.4, 0.5) is 0 Å². The van der Waals surface area contributed by atoms with Crippen LogP contribution in [-0.2, 0) is 16.1 Å². The predicted octanol–water partition coefficient (Wildman–Crippen LogP) is 2.42. The summed E-state index contributed by atoms with van der Waals surface area (Å²) in [5.74, 6) is -0.735. The van der Waals surface area contributed by atoms with Gasteiger partial charge in [-0.3, -0.25) is 4.79 Å². The summed E-state index contributed by atoms with van der Waals surface area (Å²) < 4.78 is 11.7. The number of ketones is 1. The van der Waals surface area contributed by atoms with Crippen LogP contribution in [-0.4, -0.2) is 30.0 Å². The average Bonchev–Trinajstić information content (AvgIpc) is 2.83. The van der Waals surface area contributed by atoms with Crippen molar-refractivity contribution in [3.8, 4) is 5.75 Å². The number of nitrogens with zero attached hydrogens (tertiary/aromatic N) is 1. The first-order valence-corrected chi connectivity index (χ1v) is 6.51. The van der Waals surface area contributed by atoms with E-state index in [1.807, 2.05) is 25.1 Å². The highest BCUT2D eigenvalue weighted by Gasteiger charge is 2.22. The Morgan fingerprint density at radius 1 is 1.20 bits per heavy atom. The van der Waals surface area contributed by atoms with Crippen molar-refractivity contribution in [2.24, 2.45) is 0 Å². The number of carbonyl (C=O) groups is 2. The topological polar surface area (TPSA) is 57.5 Å². The van der Waals surface area contributed by atoms with Crippen LogP contribution in [0.2, 0.25) is 0 Å². The zero-order chi connectivity index (χ0) is 14.7. The van der Waals surface area contributed by atoms with Gasteiger partial charge < -0.3 is 14.0 Å². The number of aromatic nitrogens is 1. The first-order valence-electron chi connectivity index (χ1n) is 6.51. The number of fused-ring (bicyclic) bond motifs is 1. The van der Waals surface area contributed by atoms with E-state index in [-0.39, 0.29) is 6.61 Å². The Morgan fingerprint density at radius 3 is 2.55 bits per heavy atom. The fourth-order valence-electron chi connectivity index (χ4n) is 2.21. The number of methoxy groups -OCH3 is 1. The van der Waals surface area contributed by atoms with E-state index in [0.717, 1.165) is 10.9 Å². The van der Waals surface area contributed by atoms with E-state index in [1.165, 1.54) is 0 Å². The first kappa shape index (κ1) is 14.1. The number of carbonyl (C=O) groups excluding carboxylic acids is 2. The number of hydrogen-bond donors (Lipinski definition) is 0. The molecule has 0 aliphatic carbocycles. The van der Waals surface area contributed by atoms with E-state index < -0.39 is 11.8 Å². The third-order valence-electron chi connectivity index (χ3n) is 3.12. The molecule has 0 aliphatic rings. The van der Waals surface area contributed by atoms with Gasteiger partial charge in [-0.05, 0) is 38.1 Å². The van der Waals surface area contributed by atoms with Gasteiger partial charge in [0.05, 0.1) is 19.4 Å². The maximum atomic E-state index is 12.1. The summed E-state index contributed by atoms with van der Waals surface area (Å²) in [5, 5.41) is 0.860. The van der Waals surface area contributed by atoms with Crippen molar-refractivity contribution >= 4 is 22.7 Å². The number of aryl methyl sites for hydroxylation is 1. The maximum Gasteiger partial charge on any atom is 0.381 e. The molecule has 0 radical (unpaired) electrons. The molecule has 106 valence electrons. The second-order valence-electron chi connectivity index (χ2n) is 4.25. The molecule has 5 nitrogen and oxygen atoms in total. The van der Waals surface area contributed by atoms with Crippen LogP contribution in [0.25, 0.3) is 10.9 Å².